The molecule has 6 nitrogen and oxygen atoms in total. The molecule has 0 saturated heterocycles. The third kappa shape index (κ3) is 3.00. The summed E-state index contributed by atoms with van der Waals surface area (Å²) < 4.78 is 6.86. The number of anilines is 1. The first-order valence-corrected chi connectivity index (χ1v) is 6.56. The number of nitrogens with zero attached hydrogens (tertiary/aromatic N) is 4. The number of ether oxygens (including phenoxy) is 1. The van der Waals surface area contributed by atoms with Gasteiger partial charge in [0.25, 0.3) is 0 Å². The van der Waals surface area contributed by atoms with Crippen LogP contribution in [0.25, 0.3) is 5.69 Å². The first kappa shape index (κ1) is 13.1. The zero-order valence-corrected chi connectivity index (χ0v) is 11.6. The van der Waals surface area contributed by atoms with E-state index in [9.17, 15) is 0 Å². The lowest BCUT2D eigenvalue weighted by Gasteiger charge is -2.11. The molecule has 21 heavy (non-hydrogen) atoms. The van der Waals surface area contributed by atoms with Crippen molar-refractivity contribution in [1.29, 1.82) is 0 Å². The molecule has 3 aromatic rings. The number of hydrogen-bond donors (Lipinski definition) is 1. The molecule has 1 heterocycles. The van der Waals surface area contributed by atoms with E-state index in [1.54, 1.807) is 18.1 Å². The second-order valence-electron chi connectivity index (χ2n) is 4.48. The normalized spacial score (nSPS) is 10.3. The molecular weight excluding hydrogens is 266 g/mol. The third-order valence-corrected chi connectivity index (χ3v) is 3.12. The zero-order valence-electron chi connectivity index (χ0n) is 11.6. The lowest BCUT2D eigenvalue weighted by Crippen LogP contribution is -2.05. The summed E-state index contributed by atoms with van der Waals surface area (Å²) in [6.45, 7) is 0.691. The Balaban J connectivity index is 1.79. The molecule has 2 aromatic carbocycles. The summed E-state index contributed by atoms with van der Waals surface area (Å²) in [7, 11) is 1.67. The van der Waals surface area contributed by atoms with Gasteiger partial charge in [0.15, 0.2) is 0 Å². The minimum Gasteiger partial charge on any atom is -0.497 e. The molecular formula is C15H15N5O. The lowest BCUT2D eigenvalue weighted by atomic mass is 10.2. The number of benzene rings is 2. The van der Waals surface area contributed by atoms with Gasteiger partial charge in [-0.15, -0.1) is 5.10 Å². The SMILES string of the molecule is COc1cccc(CNc2ccccc2-n2cnnn2)c1. The van der Waals surface area contributed by atoms with Crippen molar-refractivity contribution in [2.75, 3.05) is 12.4 Å². The van der Waals surface area contributed by atoms with Crippen LogP contribution in [-0.2, 0) is 6.54 Å². The molecule has 0 aliphatic carbocycles. The van der Waals surface area contributed by atoms with E-state index in [1.165, 1.54) is 0 Å². The van der Waals surface area contributed by atoms with Crippen molar-refractivity contribution >= 4 is 5.69 Å². The first-order chi connectivity index (χ1) is 10.4. The monoisotopic (exact) mass is 281 g/mol. The minimum atomic E-state index is 0.691. The summed E-state index contributed by atoms with van der Waals surface area (Å²) >= 11 is 0. The van der Waals surface area contributed by atoms with Crippen molar-refractivity contribution in [2.45, 2.75) is 6.54 Å². The van der Waals surface area contributed by atoms with E-state index >= 15 is 0 Å². The Labute approximate surface area is 122 Å². The average Bonchev–Trinajstić information content (AvgIpc) is 3.08. The number of methoxy groups -OCH3 is 1. The molecule has 1 N–H and O–H groups in total. The summed E-state index contributed by atoms with van der Waals surface area (Å²) in [5.74, 6) is 0.850. The van der Waals surface area contributed by atoms with Gasteiger partial charge in [0.05, 0.1) is 18.5 Å². The molecule has 0 unspecified atom stereocenters. The van der Waals surface area contributed by atoms with Crippen LogP contribution in [-0.4, -0.2) is 27.3 Å². The van der Waals surface area contributed by atoms with E-state index in [2.05, 4.69) is 26.9 Å². The fraction of sp³-hybridized carbons (Fsp3) is 0.133. The standard InChI is InChI=1S/C15H15N5O/c1-21-13-6-4-5-12(9-13)10-16-14-7-2-3-8-15(14)20-11-17-18-19-20/h2-9,11,16H,10H2,1H3. The molecule has 0 spiro atoms. The van der Waals surface area contributed by atoms with Crippen molar-refractivity contribution < 1.29 is 4.74 Å². The van der Waals surface area contributed by atoms with Crippen LogP contribution >= 0.6 is 0 Å². The van der Waals surface area contributed by atoms with E-state index < -0.39 is 0 Å². The van der Waals surface area contributed by atoms with Gasteiger partial charge in [-0.05, 0) is 40.3 Å². The smallest absolute Gasteiger partial charge is 0.143 e. The number of para-hydroxylation sites is 2. The van der Waals surface area contributed by atoms with Gasteiger partial charge in [-0.1, -0.05) is 24.3 Å². The summed E-state index contributed by atoms with van der Waals surface area (Å²) in [4.78, 5) is 0. The highest BCUT2D eigenvalue weighted by atomic mass is 16.5. The largest absolute Gasteiger partial charge is 0.497 e. The summed E-state index contributed by atoms with van der Waals surface area (Å²) in [6.07, 6.45) is 1.58. The molecule has 1 aromatic heterocycles. The van der Waals surface area contributed by atoms with Crippen LogP contribution in [0.4, 0.5) is 5.69 Å². The third-order valence-electron chi connectivity index (χ3n) is 3.12. The van der Waals surface area contributed by atoms with Crippen LogP contribution in [0.5, 0.6) is 5.75 Å². The fourth-order valence-electron chi connectivity index (χ4n) is 2.07. The van der Waals surface area contributed by atoms with Crippen LogP contribution in [0.2, 0.25) is 0 Å². The van der Waals surface area contributed by atoms with Gasteiger partial charge in [-0.2, -0.15) is 4.68 Å². The summed E-state index contributed by atoms with van der Waals surface area (Å²) in [5, 5.41) is 14.7. The van der Waals surface area contributed by atoms with Gasteiger partial charge in [-0.25, -0.2) is 0 Å². The zero-order chi connectivity index (χ0) is 14.5. The Bertz CT molecular complexity index is 712. The van der Waals surface area contributed by atoms with E-state index in [-0.39, 0.29) is 0 Å². The predicted molar refractivity (Wildman–Crippen MR) is 79.5 cm³/mol. The van der Waals surface area contributed by atoms with Crippen molar-refractivity contribution in [3.8, 4) is 11.4 Å². The van der Waals surface area contributed by atoms with Crippen LogP contribution in [0.3, 0.4) is 0 Å². The second-order valence-corrected chi connectivity index (χ2v) is 4.48. The van der Waals surface area contributed by atoms with Gasteiger partial charge in [0.1, 0.15) is 12.1 Å². The summed E-state index contributed by atoms with van der Waals surface area (Å²) in [6, 6.07) is 15.8. The van der Waals surface area contributed by atoms with E-state index in [1.807, 2.05) is 42.5 Å². The van der Waals surface area contributed by atoms with Crippen LogP contribution in [0.15, 0.2) is 54.9 Å². The van der Waals surface area contributed by atoms with Crippen LogP contribution in [0, 0.1) is 0 Å². The van der Waals surface area contributed by atoms with Gasteiger partial charge in [0.2, 0.25) is 0 Å². The Morgan fingerprint density at radius 1 is 1.14 bits per heavy atom. The maximum atomic E-state index is 5.23. The van der Waals surface area contributed by atoms with Gasteiger partial charge in [-0.3, -0.25) is 0 Å². The highest BCUT2D eigenvalue weighted by Crippen LogP contribution is 2.20. The van der Waals surface area contributed by atoms with E-state index in [0.717, 1.165) is 22.7 Å². The maximum absolute atomic E-state index is 5.23. The van der Waals surface area contributed by atoms with Crippen molar-refractivity contribution in [2.24, 2.45) is 0 Å². The first-order valence-electron chi connectivity index (χ1n) is 6.56. The number of tetrazole rings is 1. The highest BCUT2D eigenvalue weighted by Gasteiger charge is 2.05. The van der Waals surface area contributed by atoms with Gasteiger partial charge < -0.3 is 10.1 Å². The lowest BCUT2D eigenvalue weighted by molar-refractivity contribution is 0.414. The van der Waals surface area contributed by atoms with Crippen molar-refractivity contribution in [1.82, 2.24) is 20.2 Å². The second kappa shape index (κ2) is 6.04. The Morgan fingerprint density at radius 3 is 2.86 bits per heavy atom. The van der Waals surface area contributed by atoms with Crippen molar-refractivity contribution in [3.63, 3.8) is 0 Å². The maximum Gasteiger partial charge on any atom is 0.143 e. The molecule has 0 radical (unpaired) electrons. The minimum absolute atomic E-state index is 0.691. The van der Waals surface area contributed by atoms with E-state index in [4.69, 9.17) is 4.74 Å². The molecule has 0 aliphatic rings. The van der Waals surface area contributed by atoms with Crippen LogP contribution in [0.1, 0.15) is 5.56 Å². The Morgan fingerprint density at radius 2 is 2.05 bits per heavy atom. The molecule has 0 atom stereocenters. The molecule has 0 fully saturated rings. The quantitative estimate of drug-likeness (QED) is 0.777. The van der Waals surface area contributed by atoms with Crippen molar-refractivity contribution in [3.05, 3.63) is 60.4 Å². The molecule has 3 rings (SSSR count). The molecule has 6 heteroatoms. The van der Waals surface area contributed by atoms with Gasteiger partial charge >= 0.3 is 0 Å². The predicted octanol–water partition coefficient (Wildman–Crippen LogP) is 2.28. The van der Waals surface area contributed by atoms with Gasteiger partial charge in [0, 0.05) is 6.54 Å². The topological polar surface area (TPSA) is 64.9 Å². The summed E-state index contributed by atoms with van der Waals surface area (Å²) in [5.41, 5.74) is 3.01. The number of hydrogen-bond acceptors (Lipinski definition) is 5. The molecule has 0 aliphatic heterocycles. The van der Waals surface area contributed by atoms with E-state index in [0.29, 0.717) is 6.54 Å². The molecule has 0 saturated carbocycles. The Hall–Kier alpha value is -2.89. The molecule has 0 bridgehead atoms. The molecule has 0 amide bonds. The molecule has 106 valence electrons. The Kier molecular flexibility index (Phi) is 3.77. The average molecular weight is 281 g/mol. The number of rotatable bonds is 5. The number of aromatic nitrogens is 4. The van der Waals surface area contributed by atoms with Crippen LogP contribution < -0.4 is 10.1 Å². The highest BCUT2D eigenvalue weighted by molar-refractivity contribution is 5.60. The fourth-order valence-corrected chi connectivity index (χ4v) is 2.07. The number of nitrogens with one attached hydrogen (secondary N) is 1.